The zero-order valence-electron chi connectivity index (χ0n) is 30.0. The van der Waals surface area contributed by atoms with Crippen LogP contribution < -0.4 is 9.80 Å². The first-order chi connectivity index (χ1) is 26.8. The number of para-hydroxylation sites is 1. The van der Waals surface area contributed by atoms with Gasteiger partial charge in [-0.1, -0.05) is 164 Å². The summed E-state index contributed by atoms with van der Waals surface area (Å²) in [6.07, 6.45) is 5.51. The number of nitrogens with zero attached hydrogens (tertiary/aromatic N) is 2. The van der Waals surface area contributed by atoms with Gasteiger partial charge in [-0.05, 0) is 112 Å². The highest BCUT2D eigenvalue weighted by molar-refractivity contribution is 5.81. The van der Waals surface area contributed by atoms with Gasteiger partial charge in [-0.15, -0.1) is 0 Å². The molecular formula is C52H40N2. The quantitative estimate of drug-likeness (QED) is 0.149. The molecule has 258 valence electrons. The van der Waals surface area contributed by atoms with E-state index in [0.29, 0.717) is 0 Å². The van der Waals surface area contributed by atoms with Crippen LogP contribution in [0.25, 0.3) is 39.5 Å². The number of rotatable bonds is 9. The minimum atomic E-state index is 0.216. The van der Waals surface area contributed by atoms with Gasteiger partial charge >= 0.3 is 0 Å². The summed E-state index contributed by atoms with van der Waals surface area (Å²) in [5.74, 6) is 0. The first-order valence-corrected chi connectivity index (χ1v) is 18.7. The summed E-state index contributed by atoms with van der Waals surface area (Å²) in [6.45, 7) is 0. The molecule has 54 heavy (non-hydrogen) atoms. The smallest absolute Gasteiger partial charge is 0.0631 e. The Bertz CT molecular complexity index is 2390. The van der Waals surface area contributed by atoms with E-state index in [4.69, 9.17) is 0 Å². The van der Waals surface area contributed by atoms with E-state index in [-0.39, 0.29) is 6.04 Å². The molecule has 0 saturated carbocycles. The van der Waals surface area contributed by atoms with Crippen molar-refractivity contribution in [2.75, 3.05) is 9.80 Å². The van der Waals surface area contributed by atoms with Crippen molar-refractivity contribution < 1.29 is 0 Å². The number of fused-ring (bicyclic) bond motifs is 1. The Kier molecular flexibility index (Phi) is 9.15. The molecule has 1 aliphatic rings. The summed E-state index contributed by atoms with van der Waals surface area (Å²) in [4.78, 5) is 4.82. The third-order valence-corrected chi connectivity index (χ3v) is 10.4. The zero-order chi connectivity index (χ0) is 36.1. The van der Waals surface area contributed by atoms with E-state index in [1.54, 1.807) is 0 Å². The van der Waals surface area contributed by atoms with Gasteiger partial charge in [0.1, 0.15) is 0 Å². The van der Waals surface area contributed by atoms with Gasteiger partial charge in [0.25, 0.3) is 0 Å². The number of anilines is 5. The van der Waals surface area contributed by atoms with Crippen LogP contribution >= 0.6 is 0 Å². The van der Waals surface area contributed by atoms with E-state index >= 15 is 0 Å². The van der Waals surface area contributed by atoms with Crippen LogP contribution in [-0.4, -0.2) is 0 Å². The van der Waals surface area contributed by atoms with E-state index in [1.165, 1.54) is 55.9 Å². The van der Waals surface area contributed by atoms with Crippen LogP contribution in [0.5, 0.6) is 0 Å². The topological polar surface area (TPSA) is 6.48 Å². The van der Waals surface area contributed by atoms with Crippen LogP contribution in [0.1, 0.15) is 23.6 Å². The largest absolute Gasteiger partial charge is 0.334 e. The van der Waals surface area contributed by atoms with Crippen LogP contribution in [0.15, 0.2) is 218 Å². The maximum atomic E-state index is 2.49. The number of benzene rings is 8. The summed E-state index contributed by atoms with van der Waals surface area (Å²) in [5.41, 5.74) is 15.6. The first-order valence-electron chi connectivity index (χ1n) is 18.7. The Morgan fingerprint density at radius 3 is 1.13 bits per heavy atom. The molecule has 1 unspecified atom stereocenters. The van der Waals surface area contributed by atoms with Crippen molar-refractivity contribution in [2.24, 2.45) is 0 Å². The van der Waals surface area contributed by atoms with Crippen LogP contribution in [0, 0.1) is 0 Å². The molecular weight excluding hydrogens is 653 g/mol. The summed E-state index contributed by atoms with van der Waals surface area (Å²) in [6, 6.07) is 76.6. The van der Waals surface area contributed by atoms with Crippen molar-refractivity contribution in [3.63, 3.8) is 0 Å². The monoisotopic (exact) mass is 692 g/mol. The molecule has 9 rings (SSSR count). The lowest BCUT2D eigenvalue weighted by atomic mass is 9.90. The van der Waals surface area contributed by atoms with E-state index < -0.39 is 0 Å². The molecule has 0 bridgehead atoms. The minimum absolute atomic E-state index is 0.216. The molecule has 0 fully saturated rings. The molecule has 0 aromatic heterocycles. The molecule has 0 amide bonds. The van der Waals surface area contributed by atoms with Gasteiger partial charge in [0.05, 0.1) is 6.04 Å². The van der Waals surface area contributed by atoms with Crippen molar-refractivity contribution in [1.29, 1.82) is 0 Å². The second-order valence-electron chi connectivity index (χ2n) is 13.7. The highest BCUT2D eigenvalue weighted by Crippen LogP contribution is 2.42. The Hall–Kier alpha value is -6.90. The van der Waals surface area contributed by atoms with Gasteiger partial charge < -0.3 is 9.80 Å². The lowest BCUT2D eigenvalue weighted by molar-refractivity contribution is 0.702. The third-order valence-electron chi connectivity index (χ3n) is 10.4. The number of hydrogen-bond donors (Lipinski definition) is 0. The van der Waals surface area contributed by atoms with Gasteiger partial charge in [0.15, 0.2) is 0 Å². The maximum absolute atomic E-state index is 2.49. The van der Waals surface area contributed by atoms with Gasteiger partial charge in [0.2, 0.25) is 0 Å². The summed E-state index contributed by atoms with van der Waals surface area (Å²) < 4.78 is 0. The van der Waals surface area contributed by atoms with E-state index in [0.717, 1.165) is 23.5 Å². The minimum Gasteiger partial charge on any atom is -0.334 e. The highest BCUT2D eigenvalue weighted by Gasteiger charge is 2.25. The molecule has 0 radical (unpaired) electrons. The second-order valence-corrected chi connectivity index (χ2v) is 13.7. The lowest BCUT2D eigenvalue weighted by Gasteiger charge is -2.36. The van der Waals surface area contributed by atoms with E-state index in [1.807, 2.05) is 0 Å². The fourth-order valence-corrected chi connectivity index (χ4v) is 7.69. The average molecular weight is 693 g/mol. The molecule has 8 aromatic carbocycles. The fourth-order valence-electron chi connectivity index (χ4n) is 7.69. The predicted molar refractivity (Wildman–Crippen MR) is 229 cm³/mol. The van der Waals surface area contributed by atoms with Gasteiger partial charge in [-0.25, -0.2) is 0 Å². The second kappa shape index (κ2) is 15.0. The van der Waals surface area contributed by atoms with E-state index in [2.05, 4.69) is 234 Å². The molecule has 1 atom stereocenters. The van der Waals surface area contributed by atoms with Crippen LogP contribution in [0.4, 0.5) is 28.4 Å². The average Bonchev–Trinajstić information content (AvgIpc) is 3.26. The van der Waals surface area contributed by atoms with Gasteiger partial charge in [-0.3, -0.25) is 0 Å². The summed E-state index contributed by atoms with van der Waals surface area (Å²) >= 11 is 0. The van der Waals surface area contributed by atoms with Gasteiger partial charge in [-0.2, -0.15) is 0 Å². The van der Waals surface area contributed by atoms with Gasteiger partial charge in [0, 0.05) is 28.4 Å². The summed E-state index contributed by atoms with van der Waals surface area (Å²) in [5, 5.41) is 0. The van der Waals surface area contributed by atoms with Crippen molar-refractivity contribution in [2.45, 2.75) is 12.5 Å². The Balaban J connectivity index is 1.03. The Morgan fingerprint density at radius 1 is 0.315 bits per heavy atom. The third kappa shape index (κ3) is 6.74. The van der Waals surface area contributed by atoms with Crippen LogP contribution in [-0.2, 0) is 0 Å². The first kappa shape index (κ1) is 33.0. The standard InChI is InChI=1S/C52H40N2/c1-4-13-39(14-5-1)41-23-31-47(32-24-41)53(48-33-25-42(26-34-48)40-15-6-2-7-16-40)49-35-27-43(28-36-49)44-29-37-50(38-30-44)54(46-19-8-3-9-20-46)52-22-12-18-45-17-10-11-21-51(45)52/h1-21,23-38,52H,22H2. The van der Waals surface area contributed by atoms with Crippen molar-refractivity contribution >= 4 is 34.5 Å². The number of hydrogen-bond acceptors (Lipinski definition) is 2. The van der Waals surface area contributed by atoms with E-state index in [9.17, 15) is 0 Å². The molecule has 0 saturated heterocycles. The predicted octanol–water partition coefficient (Wildman–Crippen LogP) is 14.5. The van der Waals surface area contributed by atoms with Crippen molar-refractivity contribution in [3.05, 3.63) is 230 Å². The molecule has 1 aliphatic carbocycles. The molecule has 0 heterocycles. The fraction of sp³-hybridized carbons (Fsp3) is 0.0385. The van der Waals surface area contributed by atoms with Crippen molar-refractivity contribution in [3.8, 4) is 33.4 Å². The van der Waals surface area contributed by atoms with Crippen LogP contribution in [0.3, 0.4) is 0 Å². The molecule has 0 aliphatic heterocycles. The molecule has 2 nitrogen and oxygen atoms in total. The Morgan fingerprint density at radius 2 is 0.667 bits per heavy atom. The molecule has 8 aromatic rings. The molecule has 2 heteroatoms. The highest BCUT2D eigenvalue weighted by atomic mass is 15.2. The zero-order valence-corrected chi connectivity index (χ0v) is 30.0. The van der Waals surface area contributed by atoms with Crippen molar-refractivity contribution in [1.82, 2.24) is 0 Å². The lowest BCUT2D eigenvalue weighted by Crippen LogP contribution is -2.25. The SMILES string of the molecule is C1=Cc2ccccc2C(N(c2ccccc2)c2ccc(-c3ccc(N(c4ccc(-c5ccccc5)cc4)c4ccc(-c5ccccc5)cc4)cc3)cc2)C1. The normalized spacial score (nSPS) is 13.2. The molecule has 0 spiro atoms. The van der Waals surface area contributed by atoms with Crippen LogP contribution in [0.2, 0.25) is 0 Å². The Labute approximate surface area is 318 Å². The molecule has 0 N–H and O–H groups in total. The summed E-state index contributed by atoms with van der Waals surface area (Å²) in [7, 11) is 0. The maximum Gasteiger partial charge on any atom is 0.0631 e.